The van der Waals surface area contributed by atoms with Gasteiger partial charge >= 0.3 is 0 Å². The van der Waals surface area contributed by atoms with E-state index in [0.29, 0.717) is 0 Å². The van der Waals surface area contributed by atoms with Gasteiger partial charge in [0.25, 0.3) is 0 Å². The second-order valence-electron chi connectivity index (χ2n) is 11.6. The van der Waals surface area contributed by atoms with Crippen molar-refractivity contribution in [3.63, 3.8) is 0 Å². The molecule has 1 unspecified atom stereocenters. The molecule has 1 aliphatic rings. The summed E-state index contributed by atoms with van der Waals surface area (Å²) >= 11 is 0. The van der Waals surface area contributed by atoms with Crippen molar-refractivity contribution in [2.75, 3.05) is 0 Å². The summed E-state index contributed by atoms with van der Waals surface area (Å²) in [5.41, 5.74) is 11.3. The first-order valence-corrected chi connectivity index (χ1v) is 15.7. The molecule has 2 aromatic heterocycles. The Kier molecular flexibility index (Phi) is 7.33. The van der Waals surface area contributed by atoms with Gasteiger partial charge in [-0.3, -0.25) is 4.98 Å². The topological polar surface area (TPSA) is 38.7 Å². The van der Waals surface area contributed by atoms with Crippen LogP contribution in [0.15, 0.2) is 170 Å². The predicted octanol–water partition coefficient (Wildman–Crippen LogP) is 10.8. The highest BCUT2D eigenvalue weighted by atomic mass is 14.9. The van der Waals surface area contributed by atoms with Crippen molar-refractivity contribution in [1.82, 2.24) is 15.0 Å². The second-order valence-corrected chi connectivity index (χ2v) is 11.6. The highest BCUT2D eigenvalue weighted by molar-refractivity contribution is 5.96. The van der Waals surface area contributed by atoms with E-state index in [4.69, 9.17) is 9.97 Å². The zero-order valence-corrected chi connectivity index (χ0v) is 25.3. The molecule has 0 N–H and O–H groups in total. The minimum Gasteiger partial charge on any atom is -0.264 e. The van der Waals surface area contributed by atoms with Crippen LogP contribution in [0.4, 0.5) is 0 Å². The Morgan fingerprint density at radius 3 is 2.00 bits per heavy atom. The highest BCUT2D eigenvalue weighted by Gasteiger charge is 2.21. The van der Waals surface area contributed by atoms with Crippen molar-refractivity contribution >= 4 is 16.3 Å². The van der Waals surface area contributed by atoms with Crippen LogP contribution in [0.1, 0.15) is 23.6 Å². The van der Waals surface area contributed by atoms with Crippen molar-refractivity contribution in [3.8, 4) is 44.8 Å². The van der Waals surface area contributed by atoms with Crippen molar-refractivity contribution in [1.29, 1.82) is 0 Å². The Bertz CT molecular complexity index is 2190. The van der Waals surface area contributed by atoms with Crippen LogP contribution in [0.2, 0.25) is 0 Å². The van der Waals surface area contributed by atoms with Gasteiger partial charge in [0.2, 0.25) is 0 Å². The van der Waals surface area contributed by atoms with Gasteiger partial charge in [0, 0.05) is 35.6 Å². The van der Waals surface area contributed by atoms with E-state index in [2.05, 4.69) is 145 Å². The summed E-state index contributed by atoms with van der Waals surface area (Å²) in [6.45, 7) is 0. The van der Waals surface area contributed by atoms with E-state index in [0.717, 1.165) is 45.8 Å². The van der Waals surface area contributed by atoms with E-state index in [-0.39, 0.29) is 5.92 Å². The fourth-order valence-electron chi connectivity index (χ4n) is 6.39. The summed E-state index contributed by atoms with van der Waals surface area (Å²) in [7, 11) is 0. The van der Waals surface area contributed by atoms with Crippen LogP contribution in [-0.4, -0.2) is 15.0 Å². The summed E-state index contributed by atoms with van der Waals surface area (Å²) in [4.78, 5) is 14.6. The first-order valence-electron chi connectivity index (χ1n) is 15.7. The number of hydrogen-bond donors (Lipinski definition) is 0. The Hall–Kier alpha value is -5.93. The molecule has 0 saturated heterocycles. The van der Waals surface area contributed by atoms with E-state index in [1.54, 1.807) is 0 Å². The van der Waals surface area contributed by atoms with Crippen LogP contribution in [-0.2, 0) is 0 Å². The third-order valence-corrected chi connectivity index (χ3v) is 8.78. The molecule has 3 heteroatoms. The number of benzene rings is 5. The number of allylic oxidation sites excluding steroid dienone is 4. The highest BCUT2D eigenvalue weighted by Crippen LogP contribution is 2.37. The molecule has 1 aliphatic carbocycles. The Labute approximate surface area is 269 Å². The Balaban J connectivity index is 1.19. The molecular weight excluding hydrogens is 558 g/mol. The first kappa shape index (κ1) is 27.6. The smallest absolute Gasteiger partial charge is 0.159 e. The molecule has 0 radical (unpaired) electrons. The molecule has 0 spiro atoms. The number of hydrogen-bond acceptors (Lipinski definition) is 3. The van der Waals surface area contributed by atoms with E-state index in [1.807, 2.05) is 30.7 Å². The number of nitrogens with zero attached hydrogens (tertiary/aromatic N) is 3. The van der Waals surface area contributed by atoms with Gasteiger partial charge in [-0.05, 0) is 62.2 Å². The van der Waals surface area contributed by atoms with E-state index >= 15 is 0 Å². The lowest BCUT2D eigenvalue weighted by Crippen LogP contribution is -2.06. The lowest BCUT2D eigenvalue weighted by atomic mass is 9.87. The lowest BCUT2D eigenvalue weighted by molar-refractivity contribution is 0.816. The van der Waals surface area contributed by atoms with Gasteiger partial charge in [0.1, 0.15) is 0 Å². The molecule has 3 nitrogen and oxygen atoms in total. The summed E-state index contributed by atoms with van der Waals surface area (Å²) in [5.74, 6) is 0.829. The summed E-state index contributed by atoms with van der Waals surface area (Å²) in [6, 6.07) is 47.0. The molecule has 218 valence electrons. The minimum absolute atomic E-state index is 0.0979. The maximum absolute atomic E-state index is 5.30. The van der Waals surface area contributed by atoms with Crippen molar-refractivity contribution in [2.45, 2.75) is 12.3 Å². The lowest BCUT2D eigenvalue weighted by Gasteiger charge is -2.20. The monoisotopic (exact) mass is 589 g/mol. The fraction of sp³-hybridized carbons (Fsp3) is 0.0465. The third kappa shape index (κ3) is 5.44. The number of fused-ring (bicyclic) bond motifs is 1. The Morgan fingerprint density at radius 2 is 1.20 bits per heavy atom. The molecule has 2 heterocycles. The molecule has 1 atom stereocenters. The van der Waals surface area contributed by atoms with Gasteiger partial charge in [-0.1, -0.05) is 146 Å². The minimum atomic E-state index is 0.0979. The van der Waals surface area contributed by atoms with Crippen LogP contribution in [0, 0.1) is 0 Å². The van der Waals surface area contributed by atoms with Gasteiger partial charge < -0.3 is 0 Å². The van der Waals surface area contributed by atoms with Gasteiger partial charge in [-0.25, -0.2) is 9.97 Å². The molecule has 7 aromatic rings. The van der Waals surface area contributed by atoms with E-state index < -0.39 is 0 Å². The van der Waals surface area contributed by atoms with E-state index in [1.165, 1.54) is 33.0 Å². The maximum atomic E-state index is 5.30. The number of pyridine rings is 1. The van der Waals surface area contributed by atoms with Crippen LogP contribution in [0.25, 0.3) is 61.1 Å². The molecule has 0 amide bonds. The van der Waals surface area contributed by atoms with Crippen LogP contribution < -0.4 is 0 Å². The Morgan fingerprint density at radius 1 is 0.522 bits per heavy atom. The normalized spacial score (nSPS) is 14.3. The standard InChI is InChI=1S/C43H31N3/c1-2-9-30(10-3-1)31-18-20-34(21-19-31)41-29-45-43(46-42(41)37-14-6-13-36(27-37)38-15-8-26-44-28-38)35-24-22-33(23-25-35)40-17-7-12-32-11-4-5-16-39(32)40/h1-13,15-29,37H,14H2. The summed E-state index contributed by atoms with van der Waals surface area (Å²) in [5, 5.41) is 2.49. The van der Waals surface area contributed by atoms with Gasteiger partial charge in [-0.15, -0.1) is 0 Å². The van der Waals surface area contributed by atoms with E-state index in [9.17, 15) is 0 Å². The van der Waals surface area contributed by atoms with Crippen molar-refractivity contribution in [3.05, 3.63) is 182 Å². The molecule has 0 aliphatic heterocycles. The molecule has 46 heavy (non-hydrogen) atoms. The molecule has 5 aromatic carbocycles. The van der Waals surface area contributed by atoms with Gasteiger partial charge in [0.15, 0.2) is 5.82 Å². The zero-order chi connectivity index (χ0) is 30.7. The molecule has 0 saturated carbocycles. The average molecular weight is 590 g/mol. The first-order chi connectivity index (χ1) is 22.8. The molecule has 0 bridgehead atoms. The molecule has 8 rings (SSSR count). The number of aromatic nitrogens is 3. The average Bonchev–Trinajstić information content (AvgIpc) is 3.15. The van der Waals surface area contributed by atoms with Gasteiger partial charge in [0.05, 0.1) is 5.69 Å². The summed E-state index contributed by atoms with van der Waals surface area (Å²) < 4.78 is 0. The van der Waals surface area contributed by atoms with Crippen LogP contribution >= 0.6 is 0 Å². The van der Waals surface area contributed by atoms with Gasteiger partial charge in [-0.2, -0.15) is 0 Å². The quantitative estimate of drug-likeness (QED) is 0.194. The largest absolute Gasteiger partial charge is 0.264 e. The zero-order valence-electron chi connectivity index (χ0n) is 25.3. The summed E-state index contributed by atoms with van der Waals surface area (Å²) in [6.07, 6.45) is 13.4. The second kappa shape index (κ2) is 12.2. The van der Waals surface area contributed by atoms with Crippen LogP contribution in [0.5, 0.6) is 0 Å². The van der Waals surface area contributed by atoms with Crippen molar-refractivity contribution in [2.24, 2.45) is 0 Å². The maximum Gasteiger partial charge on any atom is 0.159 e. The fourth-order valence-corrected chi connectivity index (χ4v) is 6.39. The van der Waals surface area contributed by atoms with Crippen molar-refractivity contribution < 1.29 is 0 Å². The SMILES string of the molecule is C1=CC(c2cccnc2)=CC(c2nc(-c3ccc(-c4cccc5ccccc45)cc3)ncc2-c2ccc(-c3ccccc3)cc2)C1. The van der Waals surface area contributed by atoms with Crippen LogP contribution in [0.3, 0.4) is 0 Å². The predicted molar refractivity (Wildman–Crippen MR) is 190 cm³/mol. The number of rotatable bonds is 6. The molecule has 0 fully saturated rings. The third-order valence-electron chi connectivity index (χ3n) is 8.78. The molecular formula is C43H31N3.